The van der Waals surface area contributed by atoms with E-state index >= 15 is 0 Å². The summed E-state index contributed by atoms with van der Waals surface area (Å²) in [6, 6.07) is 0.0897. The summed E-state index contributed by atoms with van der Waals surface area (Å²) in [4.78, 5) is 0. The first-order valence-electron chi connectivity index (χ1n) is 4.16. The van der Waals surface area contributed by atoms with Crippen LogP contribution in [-0.4, -0.2) is 18.4 Å². The summed E-state index contributed by atoms with van der Waals surface area (Å²) in [5.41, 5.74) is 4.43. The number of phenolic OH excluding ortho intramolecular Hbond substituents is 1. The number of nitrogens with two attached hydrogens (primary N) is 1. The molecule has 0 radical (unpaired) electrons. The van der Waals surface area contributed by atoms with Crippen LogP contribution in [0.3, 0.4) is 0 Å². The number of rotatable bonds is 2. The molecule has 3 N–H and O–H groups in total. The molecule has 0 bridgehead atoms. The zero-order chi connectivity index (χ0) is 12.5. The summed E-state index contributed by atoms with van der Waals surface area (Å²) in [6.45, 7) is 0. The maximum absolute atomic E-state index is 12.4. The Morgan fingerprint density at radius 3 is 2.44 bits per heavy atom. The van der Waals surface area contributed by atoms with Crippen molar-refractivity contribution in [1.29, 1.82) is 0 Å². The number of alkyl halides is 3. The number of benzene rings is 1. The molecular weight excluding hydrogens is 247 g/mol. The molecule has 3 nitrogen and oxygen atoms in total. The second kappa shape index (κ2) is 4.39. The van der Waals surface area contributed by atoms with Gasteiger partial charge in [-0.25, -0.2) is 0 Å². The number of aromatic hydroxyl groups is 1. The molecule has 0 spiro atoms. The fourth-order valence-corrected chi connectivity index (χ4v) is 1.37. The van der Waals surface area contributed by atoms with Crippen molar-refractivity contribution in [2.45, 2.75) is 12.2 Å². The highest BCUT2D eigenvalue weighted by molar-refractivity contribution is 6.32. The molecule has 1 atom stereocenters. The summed E-state index contributed by atoms with van der Waals surface area (Å²) in [6.07, 6.45) is -4.69. The average molecular weight is 256 g/mol. The van der Waals surface area contributed by atoms with Crippen LogP contribution in [0.15, 0.2) is 12.1 Å². The van der Waals surface area contributed by atoms with Crippen molar-refractivity contribution >= 4 is 11.6 Å². The van der Waals surface area contributed by atoms with E-state index in [4.69, 9.17) is 22.1 Å². The van der Waals surface area contributed by atoms with Gasteiger partial charge in [0.2, 0.25) is 0 Å². The van der Waals surface area contributed by atoms with Crippen LogP contribution in [0.5, 0.6) is 11.5 Å². The van der Waals surface area contributed by atoms with Crippen LogP contribution in [0, 0.1) is 0 Å². The SMILES string of the molecule is COc1ccc(Cl)c(O)c1[C@H](N)C(F)(F)F. The predicted molar refractivity (Wildman–Crippen MR) is 52.7 cm³/mol. The summed E-state index contributed by atoms with van der Waals surface area (Å²) in [5.74, 6) is -0.877. The van der Waals surface area contributed by atoms with Gasteiger partial charge in [0.1, 0.15) is 17.5 Å². The van der Waals surface area contributed by atoms with Gasteiger partial charge in [-0.1, -0.05) is 11.6 Å². The minimum absolute atomic E-state index is 0.160. The Bertz CT molecular complexity index is 395. The third-order valence-corrected chi connectivity index (χ3v) is 2.32. The van der Waals surface area contributed by atoms with Gasteiger partial charge in [0, 0.05) is 0 Å². The highest BCUT2D eigenvalue weighted by atomic mass is 35.5. The van der Waals surface area contributed by atoms with E-state index < -0.39 is 23.5 Å². The number of hydrogen-bond donors (Lipinski definition) is 2. The Labute approximate surface area is 94.6 Å². The van der Waals surface area contributed by atoms with E-state index in [1.807, 2.05) is 0 Å². The Kier molecular flexibility index (Phi) is 3.54. The zero-order valence-corrected chi connectivity index (χ0v) is 8.93. The molecule has 7 heteroatoms. The third-order valence-electron chi connectivity index (χ3n) is 2.01. The quantitative estimate of drug-likeness (QED) is 0.854. The molecule has 16 heavy (non-hydrogen) atoms. The Morgan fingerprint density at radius 2 is 2.00 bits per heavy atom. The van der Waals surface area contributed by atoms with Crippen molar-refractivity contribution in [3.8, 4) is 11.5 Å². The van der Waals surface area contributed by atoms with Crippen LogP contribution < -0.4 is 10.5 Å². The Balaban J connectivity index is 3.35. The second-order valence-corrected chi connectivity index (χ2v) is 3.44. The number of phenols is 1. The lowest BCUT2D eigenvalue weighted by Crippen LogP contribution is -2.29. The van der Waals surface area contributed by atoms with Gasteiger partial charge < -0.3 is 15.6 Å². The first kappa shape index (κ1) is 12.9. The van der Waals surface area contributed by atoms with Gasteiger partial charge in [0.05, 0.1) is 17.7 Å². The fraction of sp³-hybridized carbons (Fsp3) is 0.333. The summed E-state index contributed by atoms with van der Waals surface area (Å²) in [7, 11) is 1.18. The summed E-state index contributed by atoms with van der Waals surface area (Å²) in [5, 5.41) is 9.24. The number of methoxy groups -OCH3 is 1. The highest BCUT2D eigenvalue weighted by Gasteiger charge is 2.41. The van der Waals surface area contributed by atoms with Crippen molar-refractivity contribution in [1.82, 2.24) is 0 Å². The fourth-order valence-electron chi connectivity index (χ4n) is 1.21. The zero-order valence-electron chi connectivity index (χ0n) is 8.18. The molecule has 0 aliphatic heterocycles. The van der Waals surface area contributed by atoms with Crippen LogP contribution >= 0.6 is 11.6 Å². The molecule has 0 fully saturated rings. The third kappa shape index (κ3) is 2.33. The topological polar surface area (TPSA) is 55.5 Å². The standard InChI is InChI=1S/C9H9ClF3NO2/c1-16-5-3-2-4(10)7(15)6(5)8(14)9(11,12)13/h2-3,8,15H,14H2,1H3/t8-/m0/s1. The largest absolute Gasteiger partial charge is 0.506 e. The van der Waals surface area contributed by atoms with Crippen LogP contribution in [0.1, 0.15) is 11.6 Å². The van der Waals surface area contributed by atoms with E-state index in [0.717, 1.165) is 0 Å². The molecule has 1 aromatic rings. The lowest BCUT2D eigenvalue weighted by Gasteiger charge is -2.20. The molecule has 0 aliphatic rings. The predicted octanol–water partition coefficient (Wildman–Crippen LogP) is 2.62. The monoisotopic (exact) mass is 255 g/mol. The Morgan fingerprint density at radius 1 is 1.44 bits per heavy atom. The van der Waals surface area contributed by atoms with Gasteiger partial charge in [0.25, 0.3) is 0 Å². The maximum Gasteiger partial charge on any atom is 0.407 e. The van der Waals surface area contributed by atoms with Crippen molar-refractivity contribution in [3.05, 3.63) is 22.7 Å². The van der Waals surface area contributed by atoms with Crippen LogP contribution in [0.4, 0.5) is 13.2 Å². The lowest BCUT2D eigenvalue weighted by atomic mass is 10.0. The normalized spacial score (nSPS) is 13.6. The molecule has 0 aromatic heterocycles. The van der Waals surface area contributed by atoms with Crippen LogP contribution in [0.2, 0.25) is 5.02 Å². The van der Waals surface area contributed by atoms with Gasteiger partial charge in [-0.15, -0.1) is 0 Å². The van der Waals surface area contributed by atoms with Gasteiger partial charge in [-0.05, 0) is 12.1 Å². The summed E-state index contributed by atoms with van der Waals surface area (Å²) >= 11 is 5.51. The van der Waals surface area contributed by atoms with Crippen molar-refractivity contribution < 1.29 is 23.0 Å². The second-order valence-electron chi connectivity index (χ2n) is 3.03. The minimum atomic E-state index is -4.69. The molecule has 0 saturated carbocycles. The molecule has 0 saturated heterocycles. The van der Waals surface area contributed by atoms with Crippen molar-refractivity contribution in [3.63, 3.8) is 0 Å². The number of ether oxygens (including phenoxy) is 1. The molecule has 0 aliphatic carbocycles. The Hall–Kier alpha value is -1.14. The molecule has 0 amide bonds. The van der Waals surface area contributed by atoms with Crippen molar-refractivity contribution in [2.75, 3.05) is 7.11 Å². The average Bonchev–Trinajstić information content (AvgIpc) is 2.19. The maximum atomic E-state index is 12.4. The molecule has 0 unspecified atom stereocenters. The van der Waals surface area contributed by atoms with Gasteiger partial charge in [0.15, 0.2) is 0 Å². The van der Waals surface area contributed by atoms with Crippen molar-refractivity contribution in [2.24, 2.45) is 5.73 Å². The van der Waals surface area contributed by atoms with E-state index in [-0.39, 0.29) is 10.8 Å². The number of halogens is 4. The molecule has 0 heterocycles. The van der Waals surface area contributed by atoms with Crippen LogP contribution in [-0.2, 0) is 0 Å². The first-order valence-corrected chi connectivity index (χ1v) is 4.54. The van der Waals surface area contributed by atoms with E-state index in [9.17, 15) is 18.3 Å². The minimum Gasteiger partial charge on any atom is -0.506 e. The molecule has 90 valence electrons. The van der Waals surface area contributed by atoms with E-state index in [2.05, 4.69) is 0 Å². The molecule has 1 aromatic carbocycles. The van der Waals surface area contributed by atoms with Crippen LogP contribution in [0.25, 0.3) is 0 Å². The van der Waals surface area contributed by atoms with E-state index in [1.165, 1.54) is 19.2 Å². The van der Waals surface area contributed by atoms with Gasteiger partial charge >= 0.3 is 6.18 Å². The smallest absolute Gasteiger partial charge is 0.407 e. The number of hydrogen-bond acceptors (Lipinski definition) is 3. The molecule has 1 rings (SSSR count). The lowest BCUT2D eigenvalue weighted by molar-refractivity contribution is -0.149. The van der Waals surface area contributed by atoms with Gasteiger partial charge in [-0.3, -0.25) is 0 Å². The van der Waals surface area contributed by atoms with Gasteiger partial charge in [-0.2, -0.15) is 13.2 Å². The molecular formula is C9H9ClF3NO2. The summed E-state index contributed by atoms with van der Waals surface area (Å²) < 4.78 is 42.0. The van der Waals surface area contributed by atoms with E-state index in [0.29, 0.717) is 0 Å². The highest BCUT2D eigenvalue weighted by Crippen LogP contribution is 2.43. The first-order chi connectivity index (χ1) is 7.29. The van der Waals surface area contributed by atoms with E-state index in [1.54, 1.807) is 0 Å².